The van der Waals surface area contributed by atoms with Gasteiger partial charge in [0.05, 0.1) is 25.4 Å². The molecule has 0 saturated heterocycles. The van der Waals surface area contributed by atoms with Crippen LogP contribution in [0.2, 0.25) is 0 Å². The molecule has 0 fully saturated rings. The number of aliphatic hydroxyl groups excluding tert-OH is 1. The van der Waals surface area contributed by atoms with Crippen LogP contribution in [0.25, 0.3) is 0 Å². The molecule has 0 saturated carbocycles. The van der Waals surface area contributed by atoms with Gasteiger partial charge in [-0.25, -0.2) is 4.57 Å². The summed E-state index contributed by atoms with van der Waals surface area (Å²) in [6, 6.07) is -0.808. The largest absolute Gasteiger partial charge is 0.472 e. The quantitative estimate of drug-likeness (QED) is 0.0290. The van der Waals surface area contributed by atoms with E-state index >= 15 is 0 Å². The van der Waals surface area contributed by atoms with Crippen LogP contribution < -0.4 is 11.1 Å². The molecule has 8 nitrogen and oxygen atoms in total. The van der Waals surface area contributed by atoms with Gasteiger partial charge in [0, 0.05) is 13.0 Å². The van der Waals surface area contributed by atoms with Crippen LogP contribution in [0.1, 0.15) is 142 Å². The highest BCUT2D eigenvalue weighted by Crippen LogP contribution is 2.43. The number of hydrogen-bond donors (Lipinski definition) is 4. The fourth-order valence-electron chi connectivity index (χ4n) is 5.06. The topological polar surface area (TPSA) is 131 Å². The van der Waals surface area contributed by atoms with Crippen LogP contribution in [0, 0.1) is 0 Å². The second-order valence-electron chi connectivity index (χ2n) is 12.8. The summed E-state index contributed by atoms with van der Waals surface area (Å²) in [6.07, 6.45) is 48.9. The van der Waals surface area contributed by atoms with Crippen molar-refractivity contribution in [2.24, 2.45) is 5.73 Å². The van der Waals surface area contributed by atoms with Crippen molar-refractivity contribution in [2.45, 2.75) is 154 Å². The van der Waals surface area contributed by atoms with Gasteiger partial charge < -0.3 is 21.1 Å². The smallest absolute Gasteiger partial charge is 0.391 e. The van der Waals surface area contributed by atoms with Crippen molar-refractivity contribution in [3.8, 4) is 0 Å². The number of phosphoric ester groups is 1. The Labute approximate surface area is 311 Å². The van der Waals surface area contributed by atoms with Crippen molar-refractivity contribution < 1.29 is 28.4 Å². The third-order valence-corrected chi connectivity index (χ3v) is 9.00. The summed E-state index contributed by atoms with van der Waals surface area (Å²) in [6.45, 7) is 3.99. The predicted octanol–water partition coefficient (Wildman–Crippen LogP) is 10.7. The van der Waals surface area contributed by atoms with Crippen LogP contribution in [0.4, 0.5) is 0 Å². The van der Waals surface area contributed by atoms with E-state index in [0.29, 0.717) is 12.8 Å². The first kappa shape index (κ1) is 48.7. The van der Waals surface area contributed by atoms with Gasteiger partial charge >= 0.3 is 7.82 Å². The number of hydrogen-bond acceptors (Lipinski definition) is 6. The van der Waals surface area contributed by atoms with E-state index in [1.54, 1.807) is 0 Å². The zero-order valence-electron chi connectivity index (χ0n) is 32.1. The molecule has 0 aromatic rings. The van der Waals surface area contributed by atoms with Gasteiger partial charge in [0.15, 0.2) is 0 Å². The number of aliphatic hydroxyl groups is 1. The highest BCUT2D eigenvalue weighted by molar-refractivity contribution is 7.47. The van der Waals surface area contributed by atoms with Crippen LogP contribution >= 0.6 is 7.82 Å². The molecule has 0 spiro atoms. The number of unbranched alkanes of at least 4 members (excludes halogenated alkanes) is 9. The summed E-state index contributed by atoms with van der Waals surface area (Å²) in [4.78, 5) is 22.6. The zero-order chi connectivity index (χ0) is 37.5. The molecule has 5 N–H and O–H groups in total. The Bertz CT molecular complexity index is 1070. The molecule has 292 valence electrons. The van der Waals surface area contributed by atoms with Crippen molar-refractivity contribution >= 4 is 13.7 Å². The lowest BCUT2D eigenvalue weighted by Gasteiger charge is -2.25. The number of carbonyl (C=O) groups excluding carboxylic acids is 1. The Morgan fingerprint density at radius 3 is 1.59 bits per heavy atom. The lowest BCUT2D eigenvalue weighted by atomic mass is 10.0. The van der Waals surface area contributed by atoms with Gasteiger partial charge in [0.2, 0.25) is 5.91 Å². The van der Waals surface area contributed by atoms with Crippen LogP contribution in [-0.2, 0) is 18.4 Å². The van der Waals surface area contributed by atoms with Gasteiger partial charge in [-0.3, -0.25) is 13.8 Å². The lowest BCUT2D eigenvalue weighted by molar-refractivity contribution is -0.123. The van der Waals surface area contributed by atoms with Gasteiger partial charge in [-0.15, -0.1) is 0 Å². The van der Waals surface area contributed by atoms with Gasteiger partial charge in [-0.2, -0.15) is 0 Å². The molecule has 0 radical (unpaired) electrons. The van der Waals surface area contributed by atoms with Crippen molar-refractivity contribution in [1.82, 2.24) is 5.32 Å². The van der Waals surface area contributed by atoms with Crippen LogP contribution in [0.3, 0.4) is 0 Å². The first-order chi connectivity index (χ1) is 24.9. The summed E-state index contributed by atoms with van der Waals surface area (Å²) in [5, 5.41) is 13.6. The average molecular weight is 733 g/mol. The number of amides is 1. The molecular weight excluding hydrogens is 659 g/mol. The Morgan fingerprint density at radius 1 is 0.667 bits per heavy atom. The number of phosphoric acid groups is 1. The minimum absolute atomic E-state index is 0.0745. The molecule has 1 amide bonds. The Morgan fingerprint density at radius 2 is 1.12 bits per heavy atom. The van der Waals surface area contributed by atoms with Crippen molar-refractivity contribution in [2.75, 3.05) is 19.8 Å². The third-order valence-electron chi connectivity index (χ3n) is 8.01. The maximum absolute atomic E-state index is 12.7. The Kier molecular flexibility index (Phi) is 35.7. The SMILES string of the molecule is CC/C=C\C/C=C\C/C=C\C/C=C\C/C=C\C/C=C\C/C=C\CCCC(=O)NC(COP(=O)(O)OCCN)C(O)CCCCCCCCCCC. The number of carbonyl (C=O) groups is 1. The van der Waals surface area contributed by atoms with Gasteiger partial charge in [0.25, 0.3) is 0 Å². The first-order valence-corrected chi connectivity index (χ1v) is 21.2. The lowest BCUT2D eigenvalue weighted by Crippen LogP contribution is -2.46. The third kappa shape index (κ3) is 35.9. The summed E-state index contributed by atoms with van der Waals surface area (Å²) in [7, 11) is -4.33. The second kappa shape index (κ2) is 37.4. The number of nitrogens with one attached hydrogen (secondary N) is 1. The summed E-state index contributed by atoms with van der Waals surface area (Å²) in [5.41, 5.74) is 5.35. The Hall–Kier alpha value is -2.32. The van der Waals surface area contributed by atoms with Crippen LogP contribution in [0.5, 0.6) is 0 Å². The van der Waals surface area contributed by atoms with Crippen molar-refractivity contribution in [3.63, 3.8) is 0 Å². The van der Waals surface area contributed by atoms with E-state index in [0.717, 1.165) is 70.6 Å². The van der Waals surface area contributed by atoms with E-state index < -0.39 is 20.0 Å². The molecular formula is C42H73N2O6P. The standard InChI is InChI=1S/C42H73N2O6P/c1-3-5-7-9-11-13-14-15-16-17-18-19-20-21-22-23-24-25-26-28-30-32-34-36-42(46)44-40(39-50-51(47,48)49-38-37-43)41(45)35-33-31-29-27-12-10-8-6-4-2/h5,7,11,13,15-16,18-19,21-22,24-25,28,30,40-41,45H,3-4,6,8-10,12,14,17,20,23,26-27,29,31-39,43H2,1-2H3,(H,44,46)(H,47,48)/b7-5-,13-11-,16-15-,19-18-,22-21-,25-24-,30-28-. The predicted molar refractivity (Wildman–Crippen MR) is 216 cm³/mol. The molecule has 0 aromatic heterocycles. The molecule has 0 aliphatic carbocycles. The van der Waals surface area contributed by atoms with Gasteiger partial charge in [0.1, 0.15) is 0 Å². The minimum atomic E-state index is -4.33. The van der Waals surface area contributed by atoms with Crippen LogP contribution in [-0.4, -0.2) is 47.8 Å². The molecule has 0 aliphatic heterocycles. The molecule has 3 atom stereocenters. The van der Waals surface area contributed by atoms with E-state index in [1.165, 1.54) is 38.5 Å². The maximum Gasteiger partial charge on any atom is 0.472 e. The van der Waals surface area contributed by atoms with Crippen LogP contribution in [0.15, 0.2) is 85.1 Å². The van der Waals surface area contributed by atoms with Crippen molar-refractivity contribution in [1.29, 1.82) is 0 Å². The fraction of sp³-hybridized carbons (Fsp3) is 0.643. The minimum Gasteiger partial charge on any atom is -0.391 e. The van der Waals surface area contributed by atoms with E-state index in [1.807, 2.05) is 0 Å². The Balaban J connectivity index is 4.30. The molecule has 0 aromatic carbocycles. The van der Waals surface area contributed by atoms with Gasteiger partial charge in [-0.1, -0.05) is 157 Å². The summed E-state index contributed by atoms with van der Waals surface area (Å²) in [5.74, 6) is -0.226. The van der Waals surface area contributed by atoms with E-state index in [9.17, 15) is 19.4 Å². The fourth-order valence-corrected chi connectivity index (χ4v) is 5.82. The number of allylic oxidation sites excluding steroid dienone is 14. The summed E-state index contributed by atoms with van der Waals surface area (Å²) < 4.78 is 22.0. The molecule has 0 bridgehead atoms. The highest BCUT2D eigenvalue weighted by Gasteiger charge is 2.27. The van der Waals surface area contributed by atoms with E-state index in [2.05, 4.69) is 104 Å². The molecule has 51 heavy (non-hydrogen) atoms. The first-order valence-electron chi connectivity index (χ1n) is 19.7. The van der Waals surface area contributed by atoms with E-state index in [4.69, 9.17) is 14.8 Å². The highest BCUT2D eigenvalue weighted by atomic mass is 31.2. The molecule has 0 rings (SSSR count). The van der Waals surface area contributed by atoms with Crippen molar-refractivity contribution in [3.05, 3.63) is 85.1 Å². The summed E-state index contributed by atoms with van der Waals surface area (Å²) >= 11 is 0. The molecule has 0 heterocycles. The van der Waals surface area contributed by atoms with E-state index in [-0.39, 0.29) is 32.1 Å². The second-order valence-corrected chi connectivity index (χ2v) is 14.2. The zero-order valence-corrected chi connectivity index (χ0v) is 32.9. The number of nitrogens with two attached hydrogens (primary N) is 1. The maximum atomic E-state index is 12.7. The average Bonchev–Trinajstić information content (AvgIpc) is 3.12. The normalized spacial score (nSPS) is 15.2. The number of rotatable bonds is 35. The molecule has 0 aliphatic rings. The monoisotopic (exact) mass is 733 g/mol. The van der Waals surface area contributed by atoms with Gasteiger partial charge in [-0.05, 0) is 64.2 Å². The molecule has 3 unspecified atom stereocenters. The molecule has 9 heteroatoms.